The molecule has 2 fully saturated rings. The lowest BCUT2D eigenvalue weighted by molar-refractivity contribution is -0.135. The Kier molecular flexibility index (Phi) is 11.3. The third-order valence-electron chi connectivity index (χ3n) is 5.95. The summed E-state index contributed by atoms with van der Waals surface area (Å²) in [6.07, 6.45) is 6.71. The van der Waals surface area contributed by atoms with E-state index in [0.717, 1.165) is 38.3 Å². The predicted molar refractivity (Wildman–Crippen MR) is 129 cm³/mol. The van der Waals surface area contributed by atoms with Gasteiger partial charge in [0.25, 0.3) is 0 Å². The molecule has 2 amide bonds. The van der Waals surface area contributed by atoms with Gasteiger partial charge in [0.2, 0.25) is 11.8 Å². The highest BCUT2D eigenvalue weighted by Gasteiger charge is 2.27. The van der Waals surface area contributed by atoms with E-state index < -0.39 is 0 Å². The molecule has 0 aromatic rings. The summed E-state index contributed by atoms with van der Waals surface area (Å²) < 4.78 is 0. The number of hydrogen-bond donors (Lipinski definition) is 2. The van der Waals surface area contributed by atoms with Crippen molar-refractivity contribution in [3.8, 4) is 0 Å². The molecule has 2 N–H and O–H groups in total. The van der Waals surface area contributed by atoms with Gasteiger partial charge >= 0.3 is 0 Å². The smallest absolute Gasteiger partial charge is 0.243 e. The Morgan fingerprint density at radius 2 is 1.69 bits per heavy atom. The maximum absolute atomic E-state index is 12.2. The Morgan fingerprint density at radius 3 is 2.24 bits per heavy atom. The van der Waals surface area contributed by atoms with Crippen molar-refractivity contribution in [2.75, 3.05) is 33.7 Å². The molecule has 0 spiro atoms. The molecule has 1 heterocycles. The van der Waals surface area contributed by atoms with Crippen molar-refractivity contribution >= 4 is 41.8 Å². The molecule has 2 unspecified atom stereocenters. The van der Waals surface area contributed by atoms with E-state index in [1.165, 1.54) is 19.3 Å². The van der Waals surface area contributed by atoms with Gasteiger partial charge in [-0.05, 0) is 31.6 Å². The standard InChI is InChI=1S/C21H39N5O2.HI/c1-15(2)20(28)26-12-10-17(11-13-26)23-21(22-14-19(27)25(4)5)24-18-9-7-6-8-16(18)3;/h15-18H,6-14H2,1-5H3,(H2,22,23,24);1H. The zero-order valence-electron chi connectivity index (χ0n) is 18.7. The number of likely N-dealkylation sites (N-methyl/N-ethyl adjacent to an activating group) is 1. The van der Waals surface area contributed by atoms with Crippen LogP contribution in [-0.2, 0) is 9.59 Å². The highest BCUT2D eigenvalue weighted by atomic mass is 127. The Bertz CT molecular complexity index is 559. The van der Waals surface area contributed by atoms with E-state index in [1.807, 2.05) is 18.7 Å². The van der Waals surface area contributed by atoms with Gasteiger partial charge in [0, 0.05) is 45.2 Å². The summed E-state index contributed by atoms with van der Waals surface area (Å²) in [5, 5.41) is 7.12. The molecule has 2 rings (SSSR count). The van der Waals surface area contributed by atoms with Crippen LogP contribution in [0.5, 0.6) is 0 Å². The van der Waals surface area contributed by atoms with Gasteiger partial charge in [-0.15, -0.1) is 24.0 Å². The molecule has 1 saturated carbocycles. The number of nitrogens with one attached hydrogen (secondary N) is 2. The molecule has 168 valence electrons. The molecule has 7 nitrogen and oxygen atoms in total. The second kappa shape index (κ2) is 12.6. The molecular weight excluding hydrogens is 481 g/mol. The average Bonchev–Trinajstić information content (AvgIpc) is 2.67. The maximum Gasteiger partial charge on any atom is 0.243 e. The molecule has 2 aliphatic rings. The summed E-state index contributed by atoms with van der Waals surface area (Å²) in [5.41, 5.74) is 0. The van der Waals surface area contributed by atoms with Gasteiger partial charge in [-0.1, -0.05) is 33.6 Å². The van der Waals surface area contributed by atoms with E-state index in [9.17, 15) is 9.59 Å². The van der Waals surface area contributed by atoms with Crippen LogP contribution in [0, 0.1) is 11.8 Å². The third-order valence-corrected chi connectivity index (χ3v) is 5.95. The van der Waals surface area contributed by atoms with Crippen LogP contribution in [0.25, 0.3) is 0 Å². The van der Waals surface area contributed by atoms with Gasteiger partial charge in [-0.25, -0.2) is 4.99 Å². The summed E-state index contributed by atoms with van der Waals surface area (Å²) in [6.45, 7) is 7.89. The maximum atomic E-state index is 12.2. The number of carbonyl (C=O) groups excluding carboxylic acids is 2. The number of guanidine groups is 1. The minimum atomic E-state index is -0.00450. The van der Waals surface area contributed by atoms with Crippen molar-refractivity contribution in [1.82, 2.24) is 20.4 Å². The van der Waals surface area contributed by atoms with E-state index in [4.69, 9.17) is 0 Å². The van der Waals surface area contributed by atoms with E-state index in [2.05, 4.69) is 22.5 Å². The fourth-order valence-electron chi connectivity index (χ4n) is 3.93. The number of likely N-dealkylation sites (tertiary alicyclic amines) is 1. The summed E-state index contributed by atoms with van der Waals surface area (Å²) in [6, 6.07) is 0.674. The normalized spacial score (nSPS) is 23.4. The number of aliphatic imine (C=N–C) groups is 1. The lowest BCUT2D eigenvalue weighted by Gasteiger charge is -2.36. The van der Waals surface area contributed by atoms with Crippen LogP contribution in [0.15, 0.2) is 4.99 Å². The average molecular weight is 521 g/mol. The molecule has 1 aliphatic heterocycles. The van der Waals surface area contributed by atoms with Crippen LogP contribution >= 0.6 is 24.0 Å². The fraction of sp³-hybridized carbons (Fsp3) is 0.857. The minimum Gasteiger partial charge on any atom is -0.354 e. The van der Waals surface area contributed by atoms with Crippen molar-refractivity contribution in [3.05, 3.63) is 0 Å². The highest BCUT2D eigenvalue weighted by Crippen LogP contribution is 2.23. The fourth-order valence-corrected chi connectivity index (χ4v) is 3.93. The quantitative estimate of drug-likeness (QED) is 0.331. The van der Waals surface area contributed by atoms with E-state index in [1.54, 1.807) is 19.0 Å². The van der Waals surface area contributed by atoms with E-state index >= 15 is 0 Å². The predicted octanol–water partition coefficient (Wildman–Crippen LogP) is 2.45. The Hall–Kier alpha value is -1.06. The topological polar surface area (TPSA) is 77.0 Å². The number of piperidine rings is 1. The monoisotopic (exact) mass is 521 g/mol. The third kappa shape index (κ3) is 8.30. The van der Waals surface area contributed by atoms with Gasteiger partial charge < -0.3 is 20.4 Å². The SMILES string of the molecule is CC(C)C(=O)N1CCC(NC(=NCC(=O)N(C)C)NC2CCCCC2C)CC1.I. The lowest BCUT2D eigenvalue weighted by Crippen LogP contribution is -2.53. The molecule has 0 aromatic heterocycles. The second-order valence-corrected chi connectivity index (χ2v) is 8.86. The summed E-state index contributed by atoms with van der Waals surface area (Å²) in [7, 11) is 3.51. The molecule has 0 aromatic carbocycles. The van der Waals surface area contributed by atoms with E-state index in [-0.39, 0.29) is 54.3 Å². The van der Waals surface area contributed by atoms with Crippen molar-refractivity contribution < 1.29 is 9.59 Å². The first-order chi connectivity index (χ1) is 13.3. The van der Waals surface area contributed by atoms with Gasteiger partial charge in [0.15, 0.2) is 5.96 Å². The number of nitrogens with zero attached hydrogens (tertiary/aromatic N) is 3. The van der Waals surface area contributed by atoms with Gasteiger partial charge in [0.05, 0.1) is 0 Å². The van der Waals surface area contributed by atoms with Crippen LogP contribution in [-0.4, -0.2) is 73.4 Å². The lowest BCUT2D eigenvalue weighted by atomic mass is 9.86. The number of amides is 2. The van der Waals surface area contributed by atoms with Gasteiger partial charge in [0.1, 0.15) is 6.54 Å². The molecule has 29 heavy (non-hydrogen) atoms. The van der Waals surface area contributed by atoms with Crippen molar-refractivity contribution in [3.63, 3.8) is 0 Å². The summed E-state index contributed by atoms with van der Waals surface area (Å²) in [4.78, 5) is 32.3. The second-order valence-electron chi connectivity index (χ2n) is 8.86. The first-order valence-corrected chi connectivity index (χ1v) is 10.8. The molecule has 0 bridgehead atoms. The van der Waals surface area contributed by atoms with Crippen LogP contribution in [0.2, 0.25) is 0 Å². The zero-order chi connectivity index (χ0) is 20.7. The number of rotatable bonds is 5. The number of hydrogen-bond acceptors (Lipinski definition) is 3. The Morgan fingerprint density at radius 1 is 1.07 bits per heavy atom. The van der Waals surface area contributed by atoms with Crippen LogP contribution < -0.4 is 10.6 Å². The molecule has 2 atom stereocenters. The summed E-state index contributed by atoms with van der Waals surface area (Å²) in [5.74, 6) is 1.62. The van der Waals surface area contributed by atoms with Crippen LogP contribution in [0.3, 0.4) is 0 Å². The molecule has 0 radical (unpaired) electrons. The first-order valence-electron chi connectivity index (χ1n) is 10.8. The van der Waals surface area contributed by atoms with Crippen LogP contribution in [0.4, 0.5) is 0 Å². The minimum absolute atomic E-state index is 0. The number of halogens is 1. The summed E-state index contributed by atoms with van der Waals surface area (Å²) >= 11 is 0. The van der Waals surface area contributed by atoms with Crippen LogP contribution in [0.1, 0.15) is 59.3 Å². The van der Waals surface area contributed by atoms with E-state index in [0.29, 0.717) is 12.0 Å². The number of carbonyl (C=O) groups is 2. The van der Waals surface area contributed by atoms with Gasteiger partial charge in [-0.3, -0.25) is 9.59 Å². The Labute approximate surface area is 193 Å². The largest absolute Gasteiger partial charge is 0.354 e. The molecule has 8 heteroatoms. The zero-order valence-corrected chi connectivity index (χ0v) is 21.1. The highest BCUT2D eigenvalue weighted by molar-refractivity contribution is 14.0. The Balaban J connectivity index is 0.00000420. The molecule has 1 aliphatic carbocycles. The first kappa shape index (κ1) is 26.0. The molecule has 1 saturated heterocycles. The van der Waals surface area contributed by atoms with Crippen molar-refractivity contribution in [2.45, 2.75) is 71.4 Å². The van der Waals surface area contributed by atoms with Crippen molar-refractivity contribution in [1.29, 1.82) is 0 Å². The molecular formula is C21H40IN5O2. The van der Waals surface area contributed by atoms with Crippen molar-refractivity contribution in [2.24, 2.45) is 16.8 Å². The van der Waals surface area contributed by atoms with Gasteiger partial charge in [-0.2, -0.15) is 0 Å².